The van der Waals surface area contributed by atoms with Crippen molar-refractivity contribution in [2.45, 2.75) is 20.3 Å². The molecule has 1 atom stereocenters. The molecule has 0 saturated carbocycles. The Morgan fingerprint density at radius 3 is 2.58 bits per heavy atom. The van der Waals surface area contributed by atoms with Crippen molar-refractivity contribution in [1.82, 2.24) is 0 Å². The van der Waals surface area contributed by atoms with E-state index in [1.54, 1.807) is 11.0 Å². The molecule has 1 amide bonds. The van der Waals surface area contributed by atoms with Gasteiger partial charge in [-0.25, -0.2) is 0 Å². The summed E-state index contributed by atoms with van der Waals surface area (Å²) >= 11 is 3.38. The monoisotopic (exact) mass is 387 g/mol. The largest absolute Gasteiger partial charge is 0.426 e. The second-order valence-corrected chi connectivity index (χ2v) is 6.92. The third kappa shape index (κ3) is 3.36. The van der Waals surface area contributed by atoms with E-state index >= 15 is 0 Å². The van der Waals surface area contributed by atoms with Crippen molar-refractivity contribution in [2.75, 3.05) is 11.4 Å². The van der Waals surface area contributed by atoms with Crippen molar-refractivity contribution in [3.05, 3.63) is 58.1 Å². The number of amides is 1. The summed E-state index contributed by atoms with van der Waals surface area (Å²) in [5.74, 6) is -0.285. The Kier molecular flexibility index (Phi) is 4.71. The lowest BCUT2D eigenvalue weighted by molar-refractivity contribution is -0.139. The molecule has 0 bridgehead atoms. The van der Waals surface area contributed by atoms with Gasteiger partial charge >= 0.3 is 5.97 Å². The smallest absolute Gasteiger partial charge is 0.316 e. The maximum atomic E-state index is 12.4. The van der Waals surface area contributed by atoms with Crippen molar-refractivity contribution in [2.24, 2.45) is 5.92 Å². The first-order valence-electron chi connectivity index (χ1n) is 7.79. The number of anilines is 1. The third-order valence-corrected chi connectivity index (χ3v) is 4.89. The molecule has 1 fully saturated rings. The van der Waals surface area contributed by atoms with Gasteiger partial charge in [0.05, 0.1) is 5.92 Å². The van der Waals surface area contributed by atoms with Crippen molar-refractivity contribution in [1.29, 1.82) is 0 Å². The van der Waals surface area contributed by atoms with Crippen LogP contribution >= 0.6 is 15.9 Å². The average molecular weight is 388 g/mol. The molecular weight excluding hydrogens is 370 g/mol. The van der Waals surface area contributed by atoms with Crippen LogP contribution in [-0.4, -0.2) is 18.4 Å². The Morgan fingerprint density at radius 2 is 1.88 bits per heavy atom. The van der Waals surface area contributed by atoms with Crippen molar-refractivity contribution < 1.29 is 14.3 Å². The normalized spacial score (nSPS) is 17.2. The number of carbonyl (C=O) groups is 2. The minimum Gasteiger partial charge on any atom is -0.426 e. The molecule has 0 radical (unpaired) electrons. The SMILES string of the molecule is Cc1cccc(OC(=O)[C@@H]2CC(=O)N(c3ccc(Br)cc3)C2)c1C. The lowest BCUT2D eigenvalue weighted by Crippen LogP contribution is -2.27. The maximum Gasteiger partial charge on any atom is 0.316 e. The van der Waals surface area contributed by atoms with E-state index in [0.717, 1.165) is 21.3 Å². The maximum absolute atomic E-state index is 12.4. The highest BCUT2D eigenvalue weighted by Crippen LogP contribution is 2.28. The predicted molar refractivity (Wildman–Crippen MR) is 96.2 cm³/mol. The number of nitrogens with zero attached hydrogens (tertiary/aromatic N) is 1. The van der Waals surface area contributed by atoms with Crippen LogP contribution in [0, 0.1) is 19.8 Å². The molecule has 0 N–H and O–H groups in total. The molecule has 4 nitrogen and oxygen atoms in total. The second-order valence-electron chi connectivity index (χ2n) is 6.00. The van der Waals surface area contributed by atoms with Crippen LogP contribution in [-0.2, 0) is 9.59 Å². The molecule has 5 heteroatoms. The quantitative estimate of drug-likeness (QED) is 0.589. The van der Waals surface area contributed by atoms with Crippen LogP contribution in [0.15, 0.2) is 46.9 Å². The zero-order chi connectivity index (χ0) is 17.3. The molecular formula is C19H18BrNO3. The standard InChI is InChI=1S/C19H18BrNO3/c1-12-4-3-5-17(13(12)2)24-19(23)14-10-18(22)21(11-14)16-8-6-15(20)7-9-16/h3-9,14H,10-11H2,1-2H3/t14-/m1/s1. The van der Waals surface area contributed by atoms with Crippen LogP contribution in [0.4, 0.5) is 5.69 Å². The van der Waals surface area contributed by atoms with Gasteiger partial charge in [-0.3, -0.25) is 9.59 Å². The number of aryl methyl sites for hydroxylation is 1. The van der Waals surface area contributed by atoms with Crippen LogP contribution in [0.1, 0.15) is 17.5 Å². The highest BCUT2D eigenvalue weighted by molar-refractivity contribution is 9.10. The van der Waals surface area contributed by atoms with E-state index in [-0.39, 0.29) is 18.3 Å². The lowest BCUT2D eigenvalue weighted by atomic mass is 10.1. The third-order valence-electron chi connectivity index (χ3n) is 4.36. The first-order valence-corrected chi connectivity index (χ1v) is 8.59. The molecule has 124 valence electrons. The van der Waals surface area contributed by atoms with E-state index in [4.69, 9.17) is 4.74 Å². The van der Waals surface area contributed by atoms with Gasteiger partial charge < -0.3 is 9.64 Å². The van der Waals surface area contributed by atoms with E-state index in [2.05, 4.69) is 15.9 Å². The predicted octanol–water partition coefficient (Wildman–Crippen LogP) is 4.02. The molecule has 1 aliphatic rings. The minimum absolute atomic E-state index is 0.0553. The summed E-state index contributed by atoms with van der Waals surface area (Å²) in [6.07, 6.45) is 0.180. The first kappa shape index (κ1) is 16.7. The summed E-state index contributed by atoms with van der Waals surface area (Å²) in [7, 11) is 0. The highest BCUT2D eigenvalue weighted by Gasteiger charge is 2.36. The Labute approximate surface area is 149 Å². The molecule has 0 spiro atoms. The zero-order valence-corrected chi connectivity index (χ0v) is 15.2. The van der Waals surface area contributed by atoms with Crippen molar-refractivity contribution in [3.8, 4) is 5.75 Å². The summed E-state index contributed by atoms with van der Waals surface area (Å²) in [6, 6.07) is 13.1. The van der Waals surface area contributed by atoms with Gasteiger partial charge in [-0.15, -0.1) is 0 Å². The summed E-state index contributed by atoms with van der Waals surface area (Å²) in [6.45, 7) is 4.25. The number of benzene rings is 2. The molecule has 1 saturated heterocycles. The van der Waals surface area contributed by atoms with Gasteiger partial charge in [-0.2, -0.15) is 0 Å². The average Bonchev–Trinajstić information content (AvgIpc) is 2.94. The summed E-state index contributed by atoms with van der Waals surface area (Å²) in [5, 5.41) is 0. The van der Waals surface area contributed by atoms with E-state index in [0.29, 0.717) is 12.3 Å². The molecule has 0 aliphatic carbocycles. The first-order chi connectivity index (χ1) is 11.5. The molecule has 0 aromatic heterocycles. The molecule has 24 heavy (non-hydrogen) atoms. The van der Waals surface area contributed by atoms with Crippen LogP contribution in [0.5, 0.6) is 5.75 Å². The number of rotatable bonds is 3. The number of ether oxygens (including phenoxy) is 1. The number of hydrogen-bond donors (Lipinski definition) is 0. The molecule has 0 unspecified atom stereocenters. The highest BCUT2D eigenvalue weighted by atomic mass is 79.9. The van der Waals surface area contributed by atoms with Gasteiger partial charge in [0.2, 0.25) is 5.91 Å². The minimum atomic E-state index is -0.443. The van der Waals surface area contributed by atoms with E-state index in [9.17, 15) is 9.59 Å². The fourth-order valence-corrected chi connectivity index (χ4v) is 3.03. The topological polar surface area (TPSA) is 46.6 Å². The van der Waals surface area contributed by atoms with Gasteiger partial charge in [-0.05, 0) is 55.3 Å². The van der Waals surface area contributed by atoms with Crippen molar-refractivity contribution in [3.63, 3.8) is 0 Å². The number of carbonyl (C=O) groups excluding carboxylic acids is 2. The van der Waals surface area contributed by atoms with Crippen LogP contribution in [0.3, 0.4) is 0 Å². The number of hydrogen-bond acceptors (Lipinski definition) is 3. The number of halogens is 1. The van der Waals surface area contributed by atoms with Gasteiger partial charge in [0.15, 0.2) is 0 Å². The summed E-state index contributed by atoms with van der Waals surface area (Å²) < 4.78 is 6.48. The Morgan fingerprint density at radius 1 is 1.17 bits per heavy atom. The van der Waals surface area contributed by atoms with Gasteiger partial charge in [0, 0.05) is 23.1 Å². The molecule has 2 aromatic carbocycles. The molecule has 1 heterocycles. The molecule has 3 rings (SSSR count). The van der Waals surface area contributed by atoms with E-state index < -0.39 is 5.92 Å². The Bertz CT molecular complexity index is 786. The van der Waals surface area contributed by atoms with Gasteiger partial charge in [0.1, 0.15) is 5.75 Å². The molecule has 2 aromatic rings. The Balaban J connectivity index is 1.72. The zero-order valence-electron chi connectivity index (χ0n) is 13.6. The summed E-state index contributed by atoms with van der Waals surface area (Å²) in [5.41, 5.74) is 2.81. The van der Waals surface area contributed by atoms with Gasteiger partial charge in [-0.1, -0.05) is 28.1 Å². The van der Waals surface area contributed by atoms with Crippen molar-refractivity contribution >= 4 is 33.5 Å². The second kappa shape index (κ2) is 6.77. The van der Waals surface area contributed by atoms with Crippen LogP contribution in [0.2, 0.25) is 0 Å². The fraction of sp³-hybridized carbons (Fsp3) is 0.263. The lowest BCUT2D eigenvalue weighted by Gasteiger charge is -2.17. The van der Waals surface area contributed by atoms with Crippen LogP contribution in [0.25, 0.3) is 0 Å². The Hall–Kier alpha value is -2.14. The number of esters is 1. The van der Waals surface area contributed by atoms with E-state index in [1.165, 1.54) is 0 Å². The molecule has 1 aliphatic heterocycles. The van der Waals surface area contributed by atoms with E-state index in [1.807, 2.05) is 50.2 Å². The van der Waals surface area contributed by atoms with Crippen LogP contribution < -0.4 is 9.64 Å². The van der Waals surface area contributed by atoms with Gasteiger partial charge in [0.25, 0.3) is 0 Å². The fourth-order valence-electron chi connectivity index (χ4n) is 2.76. The summed E-state index contributed by atoms with van der Waals surface area (Å²) in [4.78, 5) is 26.3.